The molecule has 1 aromatic heterocycles. The zero-order chi connectivity index (χ0) is 12.3. The van der Waals surface area contributed by atoms with E-state index >= 15 is 0 Å². The van der Waals surface area contributed by atoms with E-state index in [0.717, 1.165) is 15.9 Å². The van der Waals surface area contributed by atoms with Crippen molar-refractivity contribution in [1.82, 2.24) is 10.2 Å². The Kier molecular flexibility index (Phi) is 3.68. The predicted octanol–water partition coefficient (Wildman–Crippen LogP) is 3.35. The minimum atomic E-state index is 0.204. The first-order chi connectivity index (χ1) is 8.20. The molecule has 2 aromatic rings. The Morgan fingerprint density at radius 2 is 2.29 bits per heavy atom. The van der Waals surface area contributed by atoms with Crippen LogP contribution >= 0.6 is 15.9 Å². The standard InChI is InChI=1S/C12H14BrN3O/c1-8(16-10-6-14-15-7-10)9-3-4-12(17-2)11(13)5-9/h3-8,16H,1-2H3,(H,14,15). The quantitative estimate of drug-likeness (QED) is 0.909. The van der Waals surface area contributed by atoms with E-state index in [9.17, 15) is 0 Å². The van der Waals surface area contributed by atoms with Crippen LogP contribution in [0, 0.1) is 0 Å². The third-order valence-electron chi connectivity index (χ3n) is 2.56. The number of H-pyrrole nitrogens is 1. The summed E-state index contributed by atoms with van der Waals surface area (Å²) in [6, 6.07) is 6.25. The lowest BCUT2D eigenvalue weighted by atomic mass is 10.1. The number of nitrogens with one attached hydrogen (secondary N) is 2. The lowest BCUT2D eigenvalue weighted by Gasteiger charge is -2.15. The Balaban J connectivity index is 2.14. The number of hydrogen-bond acceptors (Lipinski definition) is 3. The second-order valence-electron chi connectivity index (χ2n) is 3.75. The van der Waals surface area contributed by atoms with Gasteiger partial charge in [-0.15, -0.1) is 0 Å². The van der Waals surface area contributed by atoms with Crippen molar-refractivity contribution in [2.24, 2.45) is 0 Å². The van der Waals surface area contributed by atoms with E-state index in [2.05, 4.69) is 44.4 Å². The largest absolute Gasteiger partial charge is 0.496 e. The number of rotatable bonds is 4. The monoisotopic (exact) mass is 295 g/mol. The van der Waals surface area contributed by atoms with E-state index in [1.54, 1.807) is 13.3 Å². The van der Waals surface area contributed by atoms with Crippen molar-refractivity contribution in [3.8, 4) is 5.75 Å². The second kappa shape index (κ2) is 5.23. The topological polar surface area (TPSA) is 49.9 Å². The van der Waals surface area contributed by atoms with Crippen molar-refractivity contribution in [1.29, 1.82) is 0 Å². The van der Waals surface area contributed by atoms with Crippen LogP contribution < -0.4 is 10.1 Å². The summed E-state index contributed by atoms with van der Waals surface area (Å²) >= 11 is 3.48. The molecular formula is C12H14BrN3O. The highest BCUT2D eigenvalue weighted by atomic mass is 79.9. The number of hydrogen-bond donors (Lipinski definition) is 2. The maximum absolute atomic E-state index is 5.20. The summed E-state index contributed by atoms with van der Waals surface area (Å²) in [5.74, 6) is 0.837. The van der Waals surface area contributed by atoms with Gasteiger partial charge in [0, 0.05) is 12.2 Å². The van der Waals surface area contributed by atoms with Crippen LogP contribution in [0.2, 0.25) is 0 Å². The molecule has 1 heterocycles. The molecule has 1 atom stereocenters. The predicted molar refractivity (Wildman–Crippen MR) is 71.3 cm³/mol. The van der Waals surface area contributed by atoms with Crippen LogP contribution in [0.15, 0.2) is 35.1 Å². The van der Waals surface area contributed by atoms with Crippen molar-refractivity contribution < 1.29 is 4.74 Å². The number of halogens is 1. The number of methoxy groups -OCH3 is 1. The van der Waals surface area contributed by atoms with E-state index in [1.165, 1.54) is 5.56 Å². The molecule has 0 radical (unpaired) electrons. The van der Waals surface area contributed by atoms with Crippen LogP contribution in [0.25, 0.3) is 0 Å². The van der Waals surface area contributed by atoms with Gasteiger partial charge < -0.3 is 10.1 Å². The molecule has 1 unspecified atom stereocenters. The summed E-state index contributed by atoms with van der Waals surface area (Å²) in [4.78, 5) is 0. The summed E-state index contributed by atoms with van der Waals surface area (Å²) in [5.41, 5.74) is 2.16. The van der Waals surface area contributed by atoms with Crippen LogP contribution in [-0.2, 0) is 0 Å². The fourth-order valence-corrected chi connectivity index (χ4v) is 2.17. The van der Waals surface area contributed by atoms with Gasteiger partial charge in [-0.25, -0.2) is 0 Å². The molecule has 2 rings (SSSR count). The Morgan fingerprint density at radius 3 is 2.88 bits per heavy atom. The van der Waals surface area contributed by atoms with Gasteiger partial charge in [-0.3, -0.25) is 5.10 Å². The molecule has 0 fully saturated rings. The molecule has 0 saturated heterocycles. The fourth-order valence-electron chi connectivity index (χ4n) is 1.62. The van der Waals surface area contributed by atoms with Gasteiger partial charge in [0.05, 0.1) is 23.5 Å². The highest BCUT2D eigenvalue weighted by Crippen LogP contribution is 2.29. The molecule has 0 aliphatic carbocycles. The van der Waals surface area contributed by atoms with Gasteiger partial charge in [0.25, 0.3) is 0 Å². The Morgan fingerprint density at radius 1 is 1.47 bits per heavy atom. The summed E-state index contributed by atoms with van der Waals surface area (Å²) in [5, 5.41) is 10.0. The molecule has 17 heavy (non-hydrogen) atoms. The van der Waals surface area contributed by atoms with Gasteiger partial charge in [0.15, 0.2) is 0 Å². The van der Waals surface area contributed by atoms with Crippen LogP contribution in [0.4, 0.5) is 5.69 Å². The molecule has 4 nitrogen and oxygen atoms in total. The van der Waals surface area contributed by atoms with Gasteiger partial charge in [-0.05, 0) is 40.5 Å². The highest BCUT2D eigenvalue weighted by Gasteiger charge is 2.08. The van der Waals surface area contributed by atoms with Crippen molar-refractivity contribution in [3.05, 3.63) is 40.6 Å². The first-order valence-electron chi connectivity index (χ1n) is 5.29. The van der Waals surface area contributed by atoms with E-state index in [0.29, 0.717) is 0 Å². The molecule has 90 valence electrons. The van der Waals surface area contributed by atoms with Crippen LogP contribution in [0.5, 0.6) is 5.75 Å². The zero-order valence-electron chi connectivity index (χ0n) is 9.70. The van der Waals surface area contributed by atoms with Gasteiger partial charge in [0.1, 0.15) is 5.75 Å². The summed E-state index contributed by atoms with van der Waals surface area (Å²) in [6.07, 6.45) is 3.59. The molecule has 5 heteroatoms. The molecule has 1 aromatic carbocycles. The summed E-state index contributed by atoms with van der Waals surface area (Å²) < 4.78 is 6.16. The zero-order valence-corrected chi connectivity index (χ0v) is 11.3. The molecule has 0 bridgehead atoms. The Hall–Kier alpha value is -1.49. The highest BCUT2D eigenvalue weighted by molar-refractivity contribution is 9.10. The van der Waals surface area contributed by atoms with Crippen molar-refractivity contribution in [2.45, 2.75) is 13.0 Å². The SMILES string of the molecule is COc1ccc(C(C)Nc2cn[nH]c2)cc1Br. The van der Waals surface area contributed by atoms with Crippen LogP contribution in [-0.4, -0.2) is 17.3 Å². The van der Waals surface area contributed by atoms with Crippen LogP contribution in [0.3, 0.4) is 0 Å². The average molecular weight is 296 g/mol. The normalized spacial score (nSPS) is 12.2. The number of benzene rings is 1. The lowest BCUT2D eigenvalue weighted by molar-refractivity contribution is 0.412. The molecule has 0 saturated carbocycles. The number of nitrogens with zero attached hydrogens (tertiary/aromatic N) is 1. The van der Waals surface area contributed by atoms with Gasteiger partial charge in [-0.1, -0.05) is 6.07 Å². The molecule has 0 aliphatic heterocycles. The molecule has 0 spiro atoms. The van der Waals surface area contributed by atoms with E-state index in [-0.39, 0.29) is 6.04 Å². The molecule has 0 amide bonds. The van der Waals surface area contributed by atoms with E-state index in [1.807, 2.05) is 18.3 Å². The summed E-state index contributed by atoms with van der Waals surface area (Å²) in [7, 11) is 1.66. The maximum Gasteiger partial charge on any atom is 0.133 e. The van der Waals surface area contributed by atoms with Crippen molar-refractivity contribution in [3.63, 3.8) is 0 Å². The Bertz CT molecular complexity index is 485. The summed E-state index contributed by atoms with van der Waals surface area (Å²) in [6.45, 7) is 2.10. The first kappa shape index (κ1) is 12.0. The average Bonchev–Trinajstić information content (AvgIpc) is 2.81. The smallest absolute Gasteiger partial charge is 0.133 e. The number of aromatic amines is 1. The fraction of sp³-hybridized carbons (Fsp3) is 0.250. The molecular weight excluding hydrogens is 282 g/mol. The van der Waals surface area contributed by atoms with E-state index in [4.69, 9.17) is 4.74 Å². The van der Waals surface area contributed by atoms with Crippen molar-refractivity contribution >= 4 is 21.6 Å². The second-order valence-corrected chi connectivity index (χ2v) is 4.60. The van der Waals surface area contributed by atoms with Crippen molar-refractivity contribution in [2.75, 3.05) is 12.4 Å². The maximum atomic E-state index is 5.20. The molecule has 0 aliphatic rings. The first-order valence-corrected chi connectivity index (χ1v) is 6.08. The van der Waals surface area contributed by atoms with Crippen LogP contribution in [0.1, 0.15) is 18.5 Å². The number of anilines is 1. The number of aromatic nitrogens is 2. The van der Waals surface area contributed by atoms with Gasteiger partial charge in [0.2, 0.25) is 0 Å². The third-order valence-corrected chi connectivity index (χ3v) is 3.18. The van der Waals surface area contributed by atoms with Gasteiger partial charge >= 0.3 is 0 Å². The third kappa shape index (κ3) is 2.79. The minimum Gasteiger partial charge on any atom is -0.496 e. The van der Waals surface area contributed by atoms with E-state index < -0.39 is 0 Å². The lowest BCUT2D eigenvalue weighted by Crippen LogP contribution is -2.06. The Labute approximate surface area is 109 Å². The number of ether oxygens (including phenoxy) is 1. The minimum absolute atomic E-state index is 0.204. The molecule has 2 N–H and O–H groups in total. The van der Waals surface area contributed by atoms with Gasteiger partial charge in [-0.2, -0.15) is 5.10 Å².